The molecular weight excluding hydrogens is 416 g/mol. The van der Waals surface area contributed by atoms with Crippen LogP contribution in [-0.2, 0) is 16.0 Å². The SMILES string of the molecule is CC(C)(C)[C@H](NC(=O)NC1CCCCC1)C(=O)N[C@@H](Cc1ccc2ccccc2c1)C(N)=O. The molecule has 4 amide bonds. The van der Waals surface area contributed by atoms with Crippen LogP contribution in [0.4, 0.5) is 4.79 Å². The molecule has 0 bridgehead atoms. The third-order valence-corrected chi connectivity index (χ3v) is 6.26. The second-order valence-electron chi connectivity index (χ2n) is 10.1. The maximum Gasteiger partial charge on any atom is 0.315 e. The van der Waals surface area contributed by atoms with Crippen LogP contribution < -0.4 is 21.7 Å². The minimum absolute atomic E-state index is 0.133. The molecule has 7 heteroatoms. The van der Waals surface area contributed by atoms with Crippen LogP contribution in [0.2, 0.25) is 0 Å². The van der Waals surface area contributed by atoms with Crippen LogP contribution in [0.15, 0.2) is 42.5 Å². The Balaban J connectivity index is 1.68. The Morgan fingerprint density at radius 3 is 2.27 bits per heavy atom. The number of carbonyl (C=O) groups excluding carboxylic acids is 3. The van der Waals surface area contributed by atoms with Gasteiger partial charge in [-0.05, 0) is 34.6 Å². The molecule has 1 fully saturated rings. The normalized spacial score (nSPS) is 16.6. The fourth-order valence-corrected chi connectivity index (χ4v) is 4.36. The van der Waals surface area contributed by atoms with Gasteiger partial charge in [0.1, 0.15) is 12.1 Å². The Labute approximate surface area is 195 Å². The van der Waals surface area contributed by atoms with Crippen molar-refractivity contribution in [1.82, 2.24) is 16.0 Å². The van der Waals surface area contributed by atoms with Crippen molar-refractivity contribution in [2.75, 3.05) is 0 Å². The van der Waals surface area contributed by atoms with Gasteiger partial charge < -0.3 is 21.7 Å². The smallest absolute Gasteiger partial charge is 0.315 e. The Hall–Kier alpha value is -3.09. The van der Waals surface area contributed by atoms with Gasteiger partial charge in [0.25, 0.3) is 0 Å². The van der Waals surface area contributed by atoms with E-state index in [1.807, 2.05) is 63.2 Å². The lowest BCUT2D eigenvalue weighted by Gasteiger charge is -2.32. The molecule has 0 aliphatic heterocycles. The van der Waals surface area contributed by atoms with Gasteiger partial charge in [0, 0.05) is 12.5 Å². The molecule has 5 N–H and O–H groups in total. The molecule has 7 nitrogen and oxygen atoms in total. The van der Waals surface area contributed by atoms with Crippen LogP contribution >= 0.6 is 0 Å². The number of hydrogen-bond acceptors (Lipinski definition) is 3. The summed E-state index contributed by atoms with van der Waals surface area (Å²) >= 11 is 0. The minimum Gasteiger partial charge on any atom is -0.368 e. The summed E-state index contributed by atoms with van der Waals surface area (Å²) in [5, 5.41) is 10.7. The van der Waals surface area contributed by atoms with Gasteiger partial charge in [-0.1, -0.05) is 82.5 Å². The largest absolute Gasteiger partial charge is 0.368 e. The molecule has 0 unspecified atom stereocenters. The lowest BCUT2D eigenvalue weighted by molar-refractivity contribution is -0.130. The molecule has 0 spiro atoms. The van der Waals surface area contributed by atoms with Crippen LogP contribution in [-0.4, -0.2) is 36.0 Å². The molecule has 1 aliphatic carbocycles. The van der Waals surface area contributed by atoms with Crippen molar-refractivity contribution >= 4 is 28.6 Å². The maximum atomic E-state index is 13.2. The van der Waals surface area contributed by atoms with Crippen LogP contribution in [0, 0.1) is 5.41 Å². The summed E-state index contributed by atoms with van der Waals surface area (Å²) in [6.45, 7) is 5.63. The van der Waals surface area contributed by atoms with Crippen molar-refractivity contribution in [3.8, 4) is 0 Å². The van der Waals surface area contributed by atoms with Gasteiger partial charge >= 0.3 is 6.03 Å². The van der Waals surface area contributed by atoms with Crippen LogP contribution in [0.5, 0.6) is 0 Å². The van der Waals surface area contributed by atoms with Crippen molar-refractivity contribution in [1.29, 1.82) is 0 Å². The summed E-state index contributed by atoms with van der Waals surface area (Å²) in [4.78, 5) is 38.0. The number of urea groups is 1. The standard InChI is InChI=1S/C26H36N4O3/c1-26(2,3)22(30-25(33)28-20-11-5-4-6-12-20)24(32)29-21(23(27)31)16-17-13-14-18-9-7-8-10-19(18)15-17/h7-10,13-15,20-22H,4-6,11-12,16H2,1-3H3,(H2,27,31)(H,29,32)(H2,28,30,33)/t21-,22+/m0/s1. The Morgan fingerprint density at radius 2 is 1.64 bits per heavy atom. The van der Waals surface area contributed by atoms with Gasteiger partial charge in [-0.2, -0.15) is 0 Å². The summed E-state index contributed by atoms with van der Waals surface area (Å²) in [5.74, 6) is -1.04. The topological polar surface area (TPSA) is 113 Å². The average molecular weight is 453 g/mol. The zero-order chi connectivity index (χ0) is 24.0. The number of rotatable bonds is 7. The molecule has 1 aliphatic rings. The number of nitrogens with one attached hydrogen (secondary N) is 3. The number of nitrogens with two attached hydrogens (primary N) is 1. The van der Waals surface area contributed by atoms with Crippen LogP contribution in [0.3, 0.4) is 0 Å². The first-order chi connectivity index (χ1) is 15.6. The van der Waals surface area contributed by atoms with Crippen molar-refractivity contribution in [3.05, 3.63) is 48.0 Å². The minimum atomic E-state index is -0.883. The molecular formula is C26H36N4O3. The molecule has 33 heavy (non-hydrogen) atoms. The number of hydrogen-bond donors (Lipinski definition) is 4. The van der Waals surface area contributed by atoms with Crippen molar-refractivity contribution in [3.63, 3.8) is 0 Å². The second-order valence-corrected chi connectivity index (χ2v) is 10.1. The first kappa shape index (κ1) is 24.6. The van der Waals surface area contributed by atoms with Gasteiger partial charge in [0.05, 0.1) is 0 Å². The van der Waals surface area contributed by atoms with E-state index in [0.29, 0.717) is 0 Å². The molecule has 0 heterocycles. The zero-order valence-corrected chi connectivity index (χ0v) is 19.8. The zero-order valence-electron chi connectivity index (χ0n) is 19.8. The van der Waals surface area contributed by atoms with E-state index >= 15 is 0 Å². The number of fused-ring (bicyclic) bond motifs is 1. The van der Waals surface area contributed by atoms with Crippen molar-refractivity contribution in [2.45, 2.75) is 77.4 Å². The highest BCUT2D eigenvalue weighted by Gasteiger charge is 2.35. The van der Waals surface area contributed by atoms with E-state index in [0.717, 1.165) is 42.0 Å². The predicted molar refractivity (Wildman–Crippen MR) is 131 cm³/mol. The van der Waals surface area contributed by atoms with E-state index in [9.17, 15) is 14.4 Å². The highest BCUT2D eigenvalue weighted by atomic mass is 16.2. The Morgan fingerprint density at radius 1 is 0.970 bits per heavy atom. The monoisotopic (exact) mass is 452 g/mol. The van der Waals surface area contributed by atoms with E-state index in [-0.39, 0.29) is 18.5 Å². The molecule has 2 atom stereocenters. The second kappa shape index (κ2) is 10.7. The van der Waals surface area contributed by atoms with E-state index < -0.39 is 29.3 Å². The summed E-state index contributed by atoms with van der Waals surface area (Å²) in [6.07, 6.45) is 5.58. The number of carbonyl (C=O) groups is 3. The highest BCUT2D eigenvalue weighted by molar-refractivity contribution is 5.92. The lowest BCUT2D eigenvalue weighted by atomic mass is 9.86. The first-order valence-electron chi connectivity index (χ1n) is 11.8. The molecule has 178 valence electrons. The van der Waals surface area contributed by atoms with Gasteiger partial charge in [-0.25, -0.2) is 4.79 Å². The van der Waals surface area contributed by atoms with Gasteiger partial charge in [-0.3, -0.25) is 9.59 Å². The summed E-state index contributed by atoms with van der Waals surface area (Å²) in [7, 11) is 0. The third-order valence-electron chi connectivity index (χ3n) is 6.26. The molecule has 2 aromatic carbocycles. The van der Waals surface area contributed by atoms with Crippen LogP contribution in [0.1, 0.15) is 58.4 Å². The number of benzene rings is 2. The Bertz CT molecular complexity index is 992. The fraction of sp³-hybridized carbons (Fsp3) is 0.500. The first-order valence-corrected chi connectivity index (χ1v) is 11.8. The number of primary amides is 1. The summed E-state index contributed by atoms with van der Waals surface area (Å²) in [6, 6.07) is 11.9. The molecule has 3 rings (SSSR count). The average Bonchev–Trinajstić information content (AvgIpc) is 2.76. The fourth-order valence-electron chi connectivity index (χ4n) is 4.36. The quantitative estimate of drug-likeness (QED) is 0.516. The Kier molecular flexibility index (Phi) is 7.95. The van der Waals surface area contributed by atoms with Crippen LogP contribution in [0.25, 0.3) is 10.8 Å². The molecule has 0 aromatic heterocycles. The van der Waals surface area contributed by atoms with E-state index in [1.54, 1.807) is 0 Å². The van der Waals surface area contributed by atoms with E-state index in [2.05, 4.69) is 16.0 Å². The highest BCUT2D eigenvalue weighted by Crippen LogP contribution is 2.21. The molecule has 0 radical (unpaired) electrons. The molecule has 1 saturated carbocycles. The van der Waals surface area contributed by atoms with Crippen molar-refractivity contribution in [2.24, 2.45) is 11.1 Å². The van der Waals surface area contributed by atoms with Crippen molar-refractivity contribution < 1.29 is 14.4 Å². The number of amides is 4. The summed E-state index contributed by atoms with van der Waals surface area (Å²) in [5.41, 5.74) is 5.97. The van der Waals surface area contributed by atoms with E-state index in [4.69, 9.17) is 5.73 Å². The lowest BCUT2D eigenvalue weighted by Crippen LogP contribution is -2.59. The van der Waals surface area contributed by atoms with E-state index in [1.165, 1.54) is 6.42 Å². The summed E-state index contributed by atoms with van der Waals surface area (Å²) < 4.78 is 0. The van der Waals surface area contributed by atoms with Gasteiger partial charge in [0.15, 0.2) is 0 Å². The molecule has 0 saturated heterocycles. The van der Waals surface area contributed by atoms with Gasteiger partial charge in [0.2, 0.25) is 11.8 Å². The molecule has 2 aromatic rings. The maximum absolute atomic E-state index is 13.2. The third kappa shape index (κ3) is 6.94. The van der Waals surface area contributed by atoms with Gasteiger partial charge in [-0.15, -0.1) is 0 Å². The predicted octanol–water partition coefficient (Wildman–Crippen LogP) is 3.40.